The number of aromatic nitrogens is 1. The molecular formula is C19H22NZr+. The van der Waals surface area contributed by atoms with Crippen molar-refractivity contribution in [1.82, 2.24) is 4.98 Å². The fraction of sp³-hybridized carbons (Fsp3) is 0.158. The molecule has 3 rings (SSSR count). The zero-order valence-electron chi connectivity index (χ0n) is 12.7. The van der Waals surface area contributed by atoms with Crippen LogP contribution in [0.15, 0.2) is 18.2 Å². The molecular weight excluding hydrogens is 333 g/mol. The summed E-state index contributed by atoms with van der Waals surface area (Å²) in [6, 6.07) is 6.01. The number of hydrogen-bond donors (Lipinski definition) is 0. The summed E-state index contributed by atoms with van der Waals surface area (Å²) in [7, 11) is 0. The third kappa shape index (κ3) is 11.3. The van der Waals surface area contributed by atoms with Crippen LogP contribution in [0.3, 0.4) is 0 Å². The van der Waals surface area contributed by atoms with Gasteiger partial charge in [-0.05, 0) is 83.3 Å². The molecule has 1 unspecified atom stereocenters. The molecule has 10 radical (unpaired) electrons. The van der Waals surface area contributed by atoms with Crippen molar-refractivity contribution in [2.24, 2.45) is 0 Å². The van der Waals surface area contributed by atoms with E-state index in [2.05, 4.69) is 11.9 Å². The first-order valence-corrected chi connectivity index (χ1v) is 6.80. The van der Waals surface area contributed by atoms with Crippen molar-refractivity contribution in [1.29, 1.82) is 0 Å². The predicted octanol–water partition coefficient (Wildman–Crippen LogP) is 4.37. The van der Waals surface area contributed by atoms with Crippen molar-refractivity contribution in [3.8, 4) is 0 Å². The third-order valence-electron chi connectivity index (χ3n) is 2.53. The van der Waals surface area contributed by atoms with Crippen LogP contribution in [-0.2, 0) is 26.2 Å². The number of pyridine rings is 1. The number of nitrogens with zero attached hydrogens (tertiary/aromatic N) is 1. The Morgan fingerprint density at radius 3 is 1.43 bits per heavy atom. The predicted molar refractivity (Wildman–Crippen MR) is 85.7 cm³/mol. The standard InChI is InChI=1S/C9H12N.2C5H5.Zr/c1-7(2)9-6-4-5-8(3)10-9;2*1-2-4-5-3-1;/h4-7H,1H2,2-3H3;2*1-5H;/q-1;;;+2. The van der Waals surface area contributed by atoms with Crippen LogP contribution in [0.4, 0.5) is 0 Å². The van der Waals surface area contributed by atoms with Crippen LogP contribution in [0.25, 0.3) is 0 Å². The molecule has 2 aliphatic rings. The Morgan fingerprint density at radius 2 is 1.19 bits per heavy atom. The first-order valence-electron chi connectivity index (χ1n) is 6.80. The molecule has 2 heteroatoms. The molecule has 1 nitrogen and oxygen atoms in total. The topological polar surface area (TPSA) is 12.9 Å². The monoisotopic (exact) mass is 354 g/mol. The van der Waals surface area contributed by atoms with Gasteiger partial charge >= 0.3 is 26.2 Å². The van der Waals surface area contributed by atoms with Crippen molar-refractivity contribution in [2.75, 3.05) is 0 Å². The molecule has 2 saturated carbocycles. The van der Waals surface area contributed by atoms with Gasteiger partial charge in [-0.2, -0.15) is 0 Å². The van der Waals surface area contributed by atoms with Gasteiger partial charge in [-0.3, -0.25) is 4.98 Å². The molecule has 0 bridgehead atoms. The van der Waals surface area contributed by atoms with E-state index in [-0.39, 0.29) is 26.2 Å². The fourth-order valence-electron chi connectivity index (χ4n) is 1.48. The van der Waals surface area contributed by atoms with E-state index in [0.717, 1.165) is 11.4 Å². The molecule has 2 fully saturated rings. The largest absolute Gasteiger partial charge is 2.00 e. The minimum absolute atomic E-state index is 0. The van der Waals surface area contributed by atoms with Crippen LogP contribution >= 0.6 is 0 Å². The molecule has 2 aliphatic carbocycles. The van der Waals surface area contributed by atoms with E-state index in [1.165, 1.54) is 0 Å². The first kappa shape index (κ1) is 21.0. The maximum atomic E-state index is 4.31. The summed E-state index contributed by atoms with van der Waals surface area (Å²) >= 11 is 0. The van der Waals surface area contributed by atoms with Crippen LogP contribution < -0.4 is 0 Å². The van der Waals surface area contributed by atoms with Gasteiger partial charge in [0, 0.05) is 11.4 Å². The van der Waals surface area contributed by atoms with Gasteiger partial charge in [-0.15, -0.1) is 5.92 Å². The SMILES string of the molecule is [CH2-]C(C)c1cccc(C)n1.[CH]1[CH][CH][CH][CH]1.[CH]1[CH][CH][CH][CH]1.[Zr+2]. The first-order chi connectivity index (χ1) is 9.70. The van der Waals surface area contributed by atoms with Gasteiger partial charge in [0.25, 0.3) is 0 Å². The number of rotatable bonds is 1. The molecule has 106 valence electrons. The Labute approximate surface area is 151 Å². The summed E-state index contributed by atoms with van der Waals surface area (Å²) in [6.07, 6.45) is 20.0. The van der Waals surface area contributed by atoms with Gasteiger partial charge in [0.05, 0.1) is 0 Å². The van der Waals surface area contributed by atoms with E-state index < -0.39 is 0 Å². The minimum atomic E-state index is 0. The second kappa shape index (κ2) is 13.7. The number of aryl methyl sites for hydroxylation is 1. The summed E-state index contributed by atoms with van der Waals surface area (Å²) in [5.41, 5.74) is 2.13. The number of hydrogen-bond acceptors (Lipinski definition) is 1. The summed E-state index contributed by atoms with van der Waals surface area (Å²) < 4.78 is 0. The smallest absolute Gasteiger partial charge is 0.335 e. The molecule has 21 heavy (non-hydrogen) atoms. The van der Waals surface area contributed by atoms with E-state index in [0.29, 0.717) is 5.92 Å². The molecule has 1 aromatic heterocycles. The average Bonchev–Trinajstić information content (AvgIpc) is 3.17. The summed E-state index contributed by atoms with van der Waals surface area (Å²) in [5, 5.41) is 0. The van der Waals surface area contributed by atoms with Crippen LogP contribution in [0, 0.1) is 78.1 Å². The van der Waals surface area contributed by atoms with Crippen molar-refractivity contribution in [2.45, 2.75) is 19.8 Å². The molecule has 0 aliphatic heterocycles. The minimum Gasteiger partial charge on any atom is -0.335 e. The van der Waals surface area contributed by atoms with E-state index in [1.807, 2.05) is 96.3 Å². The quantitative estimate of drug-likeness (QED) is 0.682. The van der Waals surface area contributed by atoms with E-state index in [9.17, 15) is 0 Å². The van der Waals surface area contributed by atoms with Gasteiger partial charge in [-0.25, -0.2) is 0 Å². The van der Waals surface area contributed by atoms with Gasteiger partial charge in [0.15, 0.2) is 0 Å². The van der Waals surface area contributed by atoms with Crippen LogP contribution in [0.1, 0.15) is 24.2 Å². The Balaban J connectivity index is 0.000000307. The molecule has 1 aromatic rings. The van der Waals surface area contributed by atoms with E-state index in [1.54, 1.807) is 0 Å². The van der Waals surface area contributed by atoms with Crippen LogP contribution in [0.2, 0.25) is 0 Å². The molecule has 1 atom stereocenters. The second-order valence-corrected chi connectivity index (χ2v) is 4.53. The van der Waals surface area contributed by atoms with Crippen molar-refractivity contribution in [3.05, 3.63) is 101 Å². The maximum Gasteiger partial charge on any atom is 2.00 e. The van der Waals surface area contributed by atoms with Crippen LogP contribution in [-0.4, -0.2) is 4.98 Å². The van der Waals surface area contributed by atoms with Gasteiger partial charge in [-0.1, -0.05) is 13.0 Å². The van der Waals surface area contributed by atoms with Gasteiger partial charge < -0.3 is 6.92 Å². The summed E-state index contributed by atoms with van der Waals surface area (Å²) in [4.78, 5) is 4.31. The Bertz CT molecular complexity index is 316. The average molecular weight is 356 g/mol. The molecule has 0 spiro atoms. The molecule has 0 amide bonds. The van der Waals surface area contributed by atoms with Crippen molar-refractivity contribution < 1.29 is 26.2 Å². The molecule has 0 saturated heterocycles. The van der Waals surface area contributed by atoms with Crippen molar-refractivity contribution in [3.63, 3.8) is 0 Å². The normalized spacial score (nSPS) is 17.7. The molecule has 0 N–H and O–H groups in total. The summed E-state index contributed by atoms with van der Waals surface area (Å²) in [5.74, 6) is 0.292. The molecule has 0 aromatic carbocycles. The molecule has 1 heterocycles. The Morgan fingerprint density at radius 1 is 0.810 bits per heavy atom. The van der Waals surface area contributed by atoms with E-state index >= 15 is 0 Å². The zero-order valence-corrected chi connectivity index (χ0v) is 15.2. The van der Waals surface area contributed by atoms with Crippen molar-refractivity contribution >= 4 is 0 Å². The third-order valence-corrected chi connectivity index (χ3v) is 2.53. The van der Waals surface area contributed by atoms with E-state index in [4.69, 9.17) is 0 Å². The van der Waals surface area contributed by atoms with Gasteiger partial charge in [0.2, 0.25) is 0 Å². The summed E-state index contributed by atoms with van der Waals surface area (Å²) in [6.45, 7) is 7.92. The van der Waals surface area contributed by atoms with Crippen LogP contribution in [0.5, 0.6) is 0 Å². The van der Waals surface area contributed by atoms with Gasteiger partial charge in [0.1, 0.15) is 0 Å². The second-order valence-electron chi connectivity index (χ2n) is 4.53. The zero-order chi connectivity index (χ0) is 14.6. The Hall–Kier alpha value is 0.0331. The maximum absolute atomic E-state index is 4.31. The fourth-order valence-corrected chi connectivity index (χ4v) is 1.48. The Kier molecular flexibility index (Phi) is 13.7.